The summed E-state index contributed by atoms with van der Waals surface area (Å²) in [6, 6.07) is 7.07. The minimum Gasteiger partial charge on any atom is -0.490 e. The monoisotopic (exact) mass is 433 g/mol. The third-order valence-electron chi connectivity index (χ3n) is 4.15. The molecule has 2 N–H and O–H groups in total. The van der Waals surface area contributed by atoms with Crippen LogP contribution in [0.4, 0.5) is 10.1 Å². The van der Waals surface area contributed by atoms with E-state index >= 15 is 0 Å². The molecule has 8 nitrogen and oxygen atoms in total. The van der Waals surface area contributed by atoms with Gasteiger partial charge in [-0.15, -0.1) is 0 Å². The predicted octanol–water partition coefficient (Wildman–Crippen LogP) is 3.16. The van der Waals surface area contributed by atoms with Gasteiger partial charge in [-0.2, -0.15) is 0 Å². The number of anilines is 1. The van der Waals surface area contributed by atoms with Gasteiger partial charge in [0.05, 0.1) is 25.5 Å². The summed E-state index contributed by atoms with van der Waals surface area (Å²) in [5.41, 5.74) is 5.22. The van der Waals surface area contributed by atoms with E-state index in [1.807, 2.05) is 20.8 Å². The molecule has 2 rings (SSSR count). The normalized spacial score (nSPS) is 10.3. The van der Waals surface area contributed by atoms with Gasteiger partial charge in [-0.3, -0.25) is 20.4 Å². The number of rotatable bonds is 9. The minimum atomic E-state index is -0.654. The van der Waals surface area contributed by atoms with Crippen molar-refractivity contribution in [3.8, 4) is 17.2 Å². The van der Waals surface area contributed by atoms with E-state index < -0.39 is 17.6 Å². The highest BCUT2D eigenvalue weighted by molar-refractivity contribution is 5.99. The molecule has 0 unspecified atom stereocenters. The van der Waals surface area contributed by atoms with Gasteiger partial charge in [0.15, 0.2) is 11.5 Å². The van der Waals surface area contributed by atoms with Crippen molar-refractivity contribution in [2.75, 3.05) is 38.8 Å². The third-order valence-corrected chi connectivity index (χ3v) is 4.15. The minimum absolute atomic E-state index is 0.0695. The fraction of sp³-hybridized carbons (Fsp3) is 0.364. The highest BCUT2D eigenvalue weighted by Gasteiger charge is 2.19. The lowest BCUT2D eigenvalue weighted by Crippen LogP contribution is -2.41. The molecule has 0 radical (unpaired) electrons. The van der Waals surface area contributed by atoms with Crippen LogP contribution in [0.1, 0.15) is 41.5 Å². The maximum absolute atomic E-state index is 14.1. The van der Waals surface area contributed by atoms with Gasteiger partial charge >= 0.3 is 0 Å². The van der Waals surface area contributed by atoms with Gasteiger partial charge in [0, 0.05) is 25.2 Å². The van der Waals surface area contributed by atoms with E-state index in [2.05, 4.69) is 10.9 Å². The predicted molar refractivity (Wildman–Crippen MR) is 116 cm³/mol. The Morgan fingerprint density at radius 2 is 1.35 bits per heavy atom. The zero-order chi connectivity index (χ0) is 23.0. The molecule has 2 aromatic rings. The molecule has 0 aliphatic heterocycles. The zero-order valence-electron chi connectivity index (χ0n) is 18.4. The Bertz CT molecular complexity index is 906. The van der Waals surface area contributed by atoms with Crippen molar-refractivity contribution in [2.45, 2.75) is 20.8 Å². The summed E-state index contributed by atoms with van der Waals surface area (Å²) in [7, 11) is 3.39. The summed E-state index contributed by atoms with van der Waals surface area (Å²) in [6.45, 7) is 6.57. The highest BCUT2D eigenvalue weighted by Crippen LogP contribution is 2.39. The quantitative estimate of drug-likeness (QED) is 0.591. The first-order chi connectivity index (χ1) is 14.8. The number of ether oxygens (including phenoxy) is 3. The van der Waals surface area contributed by atoms with Crippen LogP contribution in [-0.2, 0) is 0 Å². The molecule has 0 fully saturated rings. The van der Waals surface area contributed by atoms with E-state index in [1.165, 1.54) is 24.3 Å². The lowest BCUT2D eigenvalue weighted by atomic mass is 10.1. The van der Waals surface area contributed by atoms with Crippen molar-refractivity contribution < 1.29 is 28.2 Å². The fourth-order valence-corrected chi connectivity index (χ4v) is 2.79. The summed E-state index contributed by atoms with van der Waals surface area (Å²) in [6.07, 6.45) is 0. The second kappa shape index (κ2) is 11.1. The lowest BCUT2D eigenvalue weighted by Gasteiger charge is -2.17. The average Bonchev–Trinajstić information content (AvgIpc) is 2.73. The number of carbonyl (C=O) groups is 2. The SMILES string of the molecule is CCOc1cc(C(=O)NNC(=O)c2ccc(N(C)C)c(F)c2)cc(OCC)c1OCC. The molecule has 168 valence electrons. The number of benzene rings is 2. The maximum atomic E-state index is 14.1. The van der Waals surface area contributed by atoms with Gasteiger partial charge in [-0.05, 0) is 51.1 Å². The molecule has 0 aliphatic rings. The second-order valence-electron chi connectivity index (χ2n) is 6.57. The summed E-state index contributed by atoms with van der Waals surface area (Å²) in [4.78, 5) is 26.5. The van der Waals surface area contributed by atoms with Crippen molar-refractivity contribution in [1.82, 2.24) is 10.9 Å². The molecule has 0 atom stereocenters. The van der Waals surface area contributed by atoms with Crippen LogP contribution in [0.2, 0.25) is 0 Å². The molecule has 0 aliphatic carbocycles. The van der Waals surface area contributed by atoms with Crippen molar-refractivity contribution in [2.24, 2.45) is 0 Å². The number of hydrogen-bond donors (Lipinski definition) is 2. The van der Waals surface area contributed by atoms with Gasteiger partial charge in [0.25, 0.3) is 11.8 Å². The standard InChI is InChI=1S/C22H28FN3O5/c1-6-29-18-12-15(13-19(30-7-2)20(18)31-8-3)22(28)25-24-21(27)14-9-10-17(26(4)5)16(23)11-14/h9-13H,6-8H2,1-5H3,(H,24,27)(H,25,28). The van der Waals surface area contributed by atoms with Crippen molar-refractivity contribution in [1.29, 1.82) is 0 Å². The van der Waals surface area contributed by atoms with E-state index in [4.69, 9.17) is 14.2 Å². The first-order valence-electron chi connectivity index (χ1n) is 9.96. The number of hydrogen-bond acceptors (Lipinski definition) is 6. The fourth-order valence-electron chi connectivity index (χ4n) is 2.79. The number of nitrogens with zero attached hydrogens (tertiary/aromatic N) is 1. The van der Waals surface area contributed by atoms with Crippen molar-refractivity contribution in [3.05, 3.63) is 47.3 Å². The van der Waals surface area contributed by atoms with Gasteiger partial charge < -0.3 is 19.1 Å². The Hall–Kier alpha value is -3.49. The van der Waals surface area contributed by atoms with Crippen LogP contribution in [0.5, 0.6) is 17.2 Å². The van der Waals surface area contributed by atoms with E-state index in [-0.39, 0.29) is 11.1 Å². The molecule has 0 saturated carbocycles. The molecule has 0 aromatic heterocycles. The second-order valence-corrected chi connectivity index (χ2v) is 6.57. The highest BCUT2D eigenvalue weighted by atomic mass is 19.1. The smallest absolute Gasteiger partial charge is 0.269 e. The summed E-state index contributed by atoms with van der Waals surface area (Å²) < 4.78 is 30.9. The first-order valence-corrected chi connectivity index (χ1v) is 9.96. The topological polar surface area (TPSA) is 89.1 Å². The average molecular weight is 433 g/mol. The lowest BCUT2D eigenvalue weighted by molar-refractivity contribution is 0.0846. The zero-order valence-corrected chi connectivity index (χ0v) is 18.4. The molecule has 2 aromatic carbocycles. The molecule has 31 heavy (non-hydrogen) atoms. The number of carbonyl (C=O) groups excluding carboxylic acids is 2. The number of nitrogens with one attached hydrogen (secondary N) is 2. The van der Waals surface area contributed by atoms with Gasteiger partial charge in [0.2, 0.25) is 5.75 Å². The molecule has 0 saturated heterocycles. The van der Waals surface area contributed by atoms with Crippen LogP contribution in [0.3, 0.4) is 0 Å². The molecule has 0 spiro atoms. The Morgan fingerprint density at radius 1 is 0.839 bits per heavy atom. The summed E-state index contributed by atoms with van der Waals surface area (Å²) >= 11 is 0. The van der Waals surface area contributed by atoms with Crippen LogP contribution < -0.4 is 30.0 Å². The van der Waals surface area contributed by atoms with Crippen LogP contribution in [0.25, 0.3) is 0 Å². The molecule has 0 bridgehead atoms. The third kappa shape index (κ3) is 6.00. The largest absolute Gasteiger partial charge is 0.490 e. The van der Waals surface area contributed by atoms with Crippen LogP contribution in [0, 0.1) is 5.82 Å². The van der Waals surface area contributed by atoms with E-state index in [0.29, 0.717) is 42.8 Å². The molecule has 9 heteroatoms. The number of halogens is 1. The van der Waals surface area contributed by atoms with Crippen molar-refractivity contribution in [3.63, 3.8) is 0 Å². The number of hydrazine groups is 1. The molecule has 0 heterocycles. The maximum Gasteiger partial charge on any atom is 0.269 e. The van der Waals surface area contributed by atoms with Gasteiger partial charge in [0.1, 0.15) is 5.82 Å². The summed E-state index contributed by atoms with van der Waals surface area (Å²) in [5, 5.41) is 0. The molecule has 2 amide bonds. The van der Waals surface area contributed by atoms with Gasteiger partial charge in [-0.1, -0.05) is 0 Å². The Morgan fingerprint density at radius 3 is 1.81 bits per heavy atom. The Balaban J connectivity index is 2.19. The van der Waals surface area contributed by atoms with Crippen LogP contribution >= 0.6 is 0 Å². The van der Waals surface area contributed by atoms with Gasteiger partial charge in [-0.25, -0.2) is 4.39 Å². The van der Waals surface area contributed by atoms with E-state index in [9.17, 15) is 14.0 Å². The van der Waals surface area contributed by atoms with Crippen LogP contribution in [0.15, 0.2) is 30.3 Å². The molecular formula is C22H28FN3O5. The van der Waals surface area contributed by atoms with Crippen LogP contribution in [-0.4, -0.2) is 45.7 Å². The first kappa shape index (κ1) is 23.8. The Labute approximate surface area is 181 Å². The number of amides is 2. The van der Waals surface area contributed by atoms with E-state index in [1.54, 1.807) is 19.0 Å². The summed E-state index contributed by atoms with van der Waals surface area (Å²) in [5.74, 6) is -0.676. The van der Waals surface area contributed by atoms with Crippen molar-refractivity contribution >= 4 is 17.5 Å². The van der Waals surface area contributed by atoms with E-state index in [0.717, 1.165) is 6.07 Å². The molecular weight excluding hydrogens is 405 g/mol. The Kier molecular flexibility index (Phi) is 8.48.